The maximum atomic E-state index is 12.2. The van der Waals surface area contributed by atoms with Crippen LogP contribution in [0, 0.1) is 0 Å². The van der Waals surface area contributed by atoms with E-state index in [1.807, 2.05) is 12.1 Å². The number of halogens is 2. The normalized spacial score (nSPS) is 16.0. The number of nitrogens with zero attached hydrogens (tertiary/aromatic N) is 1. The molecule has 1 aromatic rings. The van der Waals surface area contributed by atoms with E-state index < -0.39 is 0 Å². The molecule has 1 atom stereocenters. The molecule has 0 aromatic heterocycles. The van der Waals surface area contributed by atoms with E-state index in [0.29, 0.717) is 6.04 Å². The van der Waals surface area contributed by atoms with Crippen molar-refractivity contribution in [3.05, 3.63) is 29.8 Å². The fraction of sp³-hybridized carbons (Fsp3) is 0.611. The lowest BCUT2D eigenvalue weighted by molar-refractivity contribution is 0.0950. The van der Waals surface area contributed by atoms with Gasteiger partial charge >= 0.3 is 0 Å². The molecule has 24 heavy (non-hydrogen) atoms. The van der Waals surface area contributed by atoms with E-state index in [2.05, 4.69) is 41.5 Å². The van der Waals surface area contributed by atoms with Crippen LogP contribution in [0.3, 0.4) is 0 Å². The Morgan fingerprint density at radius 2 is 1.96 bits per heavy atom. The molecule has 1 amide bonds. The lowest BCUT2D eigenvalue weighted by Crippen LogP contribution is -2.37. The minimum Gasteiger partial charge on any atom is -0.372 e. The molecule has 0 bridgehead atoms. The minimum atomic E-state index is 0. The summed E-state index contributed by atoms with van der Waals surface area (Å²) in [6.07, 6.45) is 4.76. The number of amides is 1. The summed E-state index contributed by atoms with van der Waals surface area (Å²) in [6.45, 7) is 8.24. The quantitative estimate of drug-likeness (QED) is 0.728. The van der Waals surface area contributed by atoms with Crippen molar-refractivity contribution in [3.63, 3.8) is 0 Å². The number of carbonyl (C=O) groups excluding carboxylic acids is 1. The summed E-state index contributed by atoms with van der Waals surface area (Å²) in [6, 6.07) is 8.42. The van der Waals surface area contributed by atoms with E-state index in [0.717, 1.165) is 38.2 Å². The van der Waals surface area contributed by atoms with Crippen LogP contribution in [-0.4, -0.2) is 38.1 Å². The molecule has 1 heterocycles. The third kappa shape index (κ3) is 6.88. The highest BCUT2D eigenvalue weighted by Crippen LogP contribution is 2.16. The van der Waals surface area contributed by atoms with E-state index in [-0.39, 0.29) is 30.7 Å². The van der Waals surface area contributed by atoms with Crippen molar-refractivity contribution in [2.24, 2.45) is 0 Å². The fourth-order valence-corrected chi connectivity index (χ4v) is 2.89. The third-order valence-electron chi connectivity index (χ3n) is 4.33. The lowest BCUT2D eigenvalue weighted by atomic mass is 10.1. The maximum absolute atomic E-state index is 12.2. The number of rotatable bonds is 8. The number of carbonyl (C=O) groups is 1. The first kappa shape index (κ1) is 23.0. The second kappa shape index (κ2) is 12.4. The first-order valence-corrected chi connectivity index (χ1v) is 8.61. The van der Waals surface area contributed by atoms with Crippen molar-refractivity contribution < 1.29 is 4.79 Å². The predicted molar refractivity (Wildman–Crippen MR) is 107 cm³/mol. The van der Waals surface area contributed by atoms with E-state index in [1.165, 1.54) is 24.9 Å². The number of nitrogens with one attached hydrogen (secondary N) is 2. The van der Waals surface area contributed by atoms with Gasteiger partial charge in [0.1, 0.15) is 0 Å². The summed E-state index contributed by atoms with van der Waals surface area (Å²) >= 11 is 0. The maximum Gasteiger partial charge on any atom is 0.251 e. The van der Waals surface area contributed by atoms with Crippen molar-refractivity contribution in [2.45, 2.75) is 45.6 Å². The van der Waals surface area contributed by atoms with E-state index in [4.69, 9.17) is 0 Å². The summed E-state index contributed by atoms with van der Waals surface area (Å²) in [5, 5.41) is 6.42. The van der Waals surface area contributed by atoms with Crippen LogP contribution in [0.15, 0.2) is 24.3 Å². The molecule has 0 radical (unpaired) electrons. The van der Waals surface area contributed by atoms with Gasteiger partial charge in [0.05, 0.1) is 0 Å². The zero-order chi connectivity index (χ0) is 15.8. The molecular formula is C18H31Cl2N3O. The largest absolute Gasteiger partial charge is 0.372 e. The van der Waals surface area contributed by atoms with E-state index in [1.54, 1.807) is 0 Å². The van der Waals surface area contributed by atoms with Crippen molar-refractivity contribution in [1.29, 1.82) is 0 Å². The molecule has 2 rings (SSSR count). The topological polar surface area (TPSA) is 44.4 Å². The number of benzene rings is 1. The molecule has 1 aliphatic heterocycles. The Morgan fingerprint density at radius 1 is 1.25 bits per heavy atom. The Morgan fingerprint density at radius 3 is 2.50 bits per heavy atom. The standard InChI is InChI=1S/C18H29N3O.2ClH/c1-3-5-13-21(4-2)17-10-8-15(9-11-17)18(22)20-14-16-7-6-12-19-16;;/h8-11,16,19H,3-7,12-14H2,1-2H3,(H,20,22);2*1H. The molecule has 1 aromatic carbocycles. The highest BCUT2D eigenvalue weighted by molar-refractivity contribution is 5.94. The summed E-state index contributed by atoms with van der Waals surface area (Å²) in [5.41, 5.74) is 1.94. The summed E-state index contributed by atoms with van der Waals surface area (Å²) in [5.74, 6) is 0.0249. The van der Waals surface area contributed by atoms with Gasteiger partial charge < -0.3 is 15.5 Å². The van der Waals surface area contributed by atoms with Crippen LogP contribution in [0.5, 0.6) is 0 Å². The Labute approximate surface area is 158 Å². The van der Waals surface area contributed by atoms with Gasteiger partial charge in [-0.15, -0.1) is 24.8 Å². The molecule has 1 unspecified atom stereocenters. The monoisotopic (exact) mass is 375 g/mol. The number of hydrogen-bond donors (Lipinski definition) is 2. The molecular weight excluding hydrogens is 345 g/mol. The molecule has 1 fully saturated rings. The van der Waals surface area contributed by atoms with Gasteiger partial charge in [0, 0.05) is 36.9 Å². The summed E-state index contributed by atoms with van der Waals surface area (Å²) in [7, 11) is 0. The van der Waals surface area contributed by atoms with Gasteiger partial charge in [-0.05, 0) is 57.0 Å². The molecule has 4 nitrogen and oxygen atoms in total. The Bertz CT molecular complexity index is 462. The first-order chi connectivity index (χ1) is 10.7. The van der Waals surface area contributed by atoms with Gasteiger partial charge in [-0.2, -0.15) is 0 Å². The van der Waals surface area contributed by atoms with Gasteiger partial charge in [-0.25, -0.2) is 0 Å². The zero-order valence-corrected chi connectivity index (χ0v) is 16.3. The van der Waals surface area contributed by atoms with Gasteiger partial charge in [0.15, 0.2) is 0 Å². The lowest BCUT2D eigenvalue weighted by Gasteiger charge is -2.23. The molecule has 0 saturated carbocycles. The van der Waals surface area contributed by atoms with Crippen molar-refractivity contribution in [1.82, 2.24) is 10.6 Å². The van der Waals surface area contributed by atoms with Crippen molar-refractivity contribution in [3.8, 4) is 0 Å². The number of anilines is 1. The van der Waals surface area contributed by atoms with Crippen LogP contribution >= 0.6 is 24.8 Å². The van der Waals surface area contributed by atoms with Crippen LogP contribution in [0.25, 0.3) is 0 Å². The second-order valence-electron chi connectivity index (χ2n) is 5.98. The SMILES string of the molecule is CCCCN(CC)c1ccc(C(=O)NCC2CCCN2)cc1.Cl.Cl. The van der Waals surface area contributed by atoms with Gasteiger partial charge in [0.25, 0.3) is 5.91 Å². The van der Waals surface area contributed by atoms with Gasteiger partial charge in [-0.1, -0.05) is 13.3 Å². The third-order valence-corrected chi connectivity index (χ3v) is 4.33. The van der Waals surface area contributed by atoms with Crippen LogP contribution in [0.1, 0.15) is 49.9 Å². The second-order valence-corrected chi connectivity index (χ2v) is 5.98. The smallest absolute Gasteiger partial charge is 0.251 e. The average molecular weight is 376 g/mol. The number of hydrogen-bond acceptors (Lipinski definition) is 3. The fourth-order valence-electron chi connectivity index (χ4n) is 2.89. The van der Waals surface area contributed by atoms with Crippen molar-refractivity contribution >= 4 is 36.4 Å². The molecule has 6 heteroatoms. The molecule has 1 aliphatic rings. The summed E-state index contributed by atoms with van der Waals surface area (Å²) in [4.78, 5) is 14.5. The molecule has 1 saturated heterocycles. The minimum absolute atomic E-state index is 0. The predicted octanol–water partition coefficient (Wildman–Crippen LogP) is 3.64. The van der Waals surface area contributed by atoms with E-state index in [9.17, 15) is 4.79 Å². The van der Waals surface area contributed by atoms with Crippen LogP contribution < -0.4 is 15.5 Å². The zero-order valence-electron chi connectivity index (χ0n) is 14.7. The van der Waals surface area contributed by atoms with Gasteiger partial charge in [0.2, 0.25) is 0 Å². The van der Waals surface area contributed by atoms with E-state index >= 15 is 0 Å². The average Bonchev–Trinajstić information content (AvgIpc) is 3.07. The van der Waals surface area contributed by atoms with Crippen molar-refractivity contribution in [2.75, 3.05) is 31.1 Å². The summed E-state index contributed by atoms with van der Waals surface area (Å²) < 4.78 is 0. The number of unbranched alkanes of at least 4 members (excludes halogenated alkanes) is 1. The molecule has 0 spiro atoms. The highest BCUT2D eigenvalue weighted by atomic mass is 35.5. The Kier molecular flexibility index (Phi) is 11.9. The first-order valence-electron chi connectivity index (χ1n) is 8.61. The Balaban J connectivity index is 0.00000264. The van der Waals surface area contributed by atoms with Crippen LogP contribution in [-0.2, 0) is 0 Å². The molecule has 0 aliphatic carbocycles. The van der Waals surface area contributed by atoms with Gasteiger partial charge in [-0.3, -0.25) is 4.79 Å². The molecule has 138 valence electrons. The highest BCUT2D eigenvalue weighted by Gasteiger charge is 2.15. The molecule has 2 N–H and O–H groups in total. The van der Waals surface area contributed by atoms with Crippen LogP contribution in [0.2, 0.25) is 0 Å². The Hall–Kier alpha value is -0.970. The van der Waals surface area contributed by atoms with Crippen LogP contribution in [0.4, 0.5) is 5.69 Å².